The van der Waals surface area contributed by atoms with Gasteiger partial charge in [0.15, 0.2) is 12.4 Å². The van der Waals surface area contributed by atoms with Gasteiger partial charge in [0, 0.05) is 0 Å². The number of hydrogen-bond donors (Lipinski definition) is 3. The summed E-state index contributed by atoms with van der Waals surface area (Å²) in [7, 11) is 0. The predicted octanol–water partition coefficient (Wildman–Crippen LogP) is 0.508. The Kier molecular flexibility index (Phi) is 6.37. The summed E-state index contributed by atoms with van der Waals surface area (Å²) in [6.07, 6.45) is -7.56. The van der Waals surface area contributed by atoms with Gasteiger partial charge in [0.05, 0.1) is 11.1 Å². The highest BCUT2D eigenvalue weighted by molar-refractivity contribution is 5.89. The molecule has 0 aromatic heterocycles. The van der Waals surface area contributed by atoms with Crippen LogP contribution in [0.1, 0.15) is 20.7 Å². The summed E-state index contributed by atoms with van der Waals surface area (Å²) in [5, 5.41) is 30.6. The Bertz CT molecular complexity index is 792. The molecule has 1 heterocycles. The number of rotatable bonds is 5. The van der Waals surface area contributed by atoms with Crippen LogP contribution in [0.3, 0.4) is 0 Å². The minimum absolute atomic E-state index is 0.218. The van der Waals surface area contributed by atoms with Crippen LogP contribution in [0.5, 0.6) is 0 Å². The normalized spacial score (nSPS) is 27.0. The van der Waals surface area contributed by atoms with Crippen molar-refractivity contribution in [2.75, 3.05) is 6.61 Å². The van der Waals surface area contributed by atoms with E-state index in [-0.39, 0.29) is 5.56 Å². The molecule has 5 atom stereocenters. The van der Waals surface area contributed by atoms with Gasteiger partial charge >= 0.3 is 11.9 Å². The van der Waals surface area contributed by atoms with Gasteiger partial charge in [-0.1, -0.05) is 36.4 Å². The van der Waals surface area contributed by atoms with Crippen LogP contribution in [0, 0.1) is 0 Å². The lowest BCUT2D eigenvalue weighted by molar-refractivity contribution is -0.285. The molecule has 1 aliphatic rings. The van der Waals surface area contributed by atoms with Crippen molar-refractivity contribution in [3.63, 3.8) is 0 Å². The van der Waals surface area contributed by atoms with Gasteiger partial charge in [-0.2, -0.15) is 0 Å². The molecule has 0 amide bonds. The maximum atomic E-state index is 12.1. The molecular formula is C20H20O8. The zero-order chi connectivity index (χ0) is 20.1. The van der Waals surface area contributed by atoms with Crippen molar-refractivity contribution in [2.45, 2.75) is 30.7 Å². The van der Waals surface area contributed by atoms with E-state index in [2.05, 4.69) is 0 Å². The average molecular weight is 388 g/mol. The first-order chi connectivity index (χ1) is 13.5. The molecule has 2 aromatic carbocycles. The number of carbonyl (C=O) groups excluding carboxylic acids is 2. The molecule has 148 valence electrons. The fraction of sp³-hybridized carbons (Fsp3) is 0.300. The lowest BCUT2D eigenvalue weighted by Crippen LogP contribution is -2.60. The molecule has 0 bridgehead atoms. The van der Waals surface area contributed by atoms with Crippen LogP contribution < -0.4 is 0 Å². The van der Waals surface area contributed by atoms with Crippen LogP contribution in [0.25, 0.3) is 0 Å². The first-order valence-electron chi connectivity index (χ1n) is 8.65. The van der Waals surface area contributed by atoms with Gasteiger partial charge in [-0.25, -0.2) is 9.59 Å². The monoisotopic (exact) mass is 388 g/mol. The molecule has 2 aromatic rings. The second-order valence-electron chi connectivity index (χ2n) is 6.25. The Hall–Kier alpha value is -2.78. The average Bonchev–Trinajstić information content (AvgIpc) is 2.73. The van der Waals surface area contributed by atoms with E-state index in [1.807, 2.05) is 0 Å². The van der Waals surface area contributed by atoms with E-state index >= 15 is 0 Å². The highest BCUT2D eigenvalue weighted by Gasteiger charge is 2.46. The predicted molar refractivity (Wildman–Crippen MR) is 95.3 cm³/mol. The molecule has 3 rings (SSSR count). The summed E-state index contributed by atoms with van der Waals surface area (Å²) in [5.41, 5.74) is 0.527. The van der Waals surface area contributed by atoms with E-state index in [1.165, 1.54) is 12.1 Å². The fourth-order valence-electron chi connectivity index (χ4n) is 2.77. The van der Waals surface area contributed by atoms with Gasteiger partial charge in [-0.15, -0.1) is 0 Å². The lowest BCUT2D eigenvalue weighted by Gasteiger charge is -2.39. The molecule has 1 fully saturated rings. The van der Waals surface area contributed by atoms with E-state index in [4.69, 9.17) is 14.2 Å². The van der Waals surface area contributed by atoms with Crippen molar-refractivity contribution in [2.24, 2.45) is 0 Å². The van der Waals surface area contributed by atoms with Gasteiger partial charge < -0.3 is 29.5 Å². The third-order valence-electron chi connectivity index (χ3n) is 4.30. The summed E-state index contributed by atoms with van der Waals surface area (Å²) in [6, 6.07) is 16.2. The quantitative estimate of drug-likeness (QED) is 0.633. The molecule has 1 aliphatic heterocycles. The molecule has 8 nitrogen and oxygen atoms in total. The fourth-order valence-corrected chi connectivity index (χ4v) is 2.77. The molecule has 0 spiro atoms. The Morgan fingerprint density at radius 2 is 1.36 bits per heavy atom. The number of aliphatic hydroxyl groups excluding tert-OH is 3. The third-order valence-corrected chi connectivity index (χ3v) is 4.30. The number of esters is 2. The highest BCUT2D eigenvalue weighted by atomic mass is 16.7. The summed E-state index contributed by atoms with van der Waals surface area (Å²) < 4.78 is 15.3. The van der Waals surface area contributed by atoms with E-state index in [0.717, 1.165) is 0 Å². The Morgan fingerprint density at radius 1 is 0.821 bits per heavy atom. The number of carbonyl (C=O) groups is 2. The van der Waals surface area contributed by atoms with Crippen molar-refractivity contribution >= 4 is 11.9 Å². The largest absolute Gasteiger partial charge is 0.459 e. The molecule has 0 aliphatic carbocycles. The maximum Gasteiger partial charge on any atom is 0.338 e. The van der Waals surface area contributed by atoms with Gasteiger partial charge in [0.2, 0.25) is 0 Å². The SMILES string of the molecule is O=C(OC[C@H]1O[C@H](O)[C@@H](OC(=O)c2ccccc2)[C@@H](O)[C@H]1O)c1ccccc1. The van der Waals surface area contributed by atoms with Crippen molar-refractivity contribution in [3.05, 3.63) is 71.8 Å². The van der Waals surface area contributed by atoms with Gasteiger partial charge in [0.25, 0.3) is 0 Å². The molecule has 0 unspecified atom stereocenters. The van der Waals surface area contributed by atoms with Crippen molar-refractivity contribution in [1.82, 2.24) is 0 Å². The van der Waals surface area contributed by atoms with Crippen molar-refractivity contribution in [3.8, 4) is 0 Å². The lowest BCUT2D eigenvalue weighted by atomic mass is 9.99. The number of ether oxygens (including phenoxy) is 3. The molecule has 3 N–H and O–H groups in total. The van der Waals surface area contributed by atoms with E-state index < -0.39 is 49.3 Å². The first-order valence-corrected chi connectivity index (χ1v) is 8.65. The maximum absolute atomic E-state index is 12.1. The Morgan fingerprint density at radius 3 is 1.93 bits per heavy atom. The first kappa shape index (κ1) is 20.0. The van der Waals surface area contributed by atoms with Crippen LogP contribution in [0.4, 0.5) is 0 Å². The Balaban J connectivity index is 1.58. The van der Waals surface area contributed by atoms with Crippen LogP contribution in [-0.4, -0.2) is 64.6 Å². The van der Waals surface area contributed by atoms with Gasteiger partial charge in [0.1, 0.15) is 24.9 Å². The number of aliphatic hydroxyl groups is 3. The van der Waals surface area contributed by atoms with Crippen LogP contribution in [-0.2, 0) is 14.2 Å². The molecule has 0 radical (unpaired) electrons. The van der Waals surface area contributed by atoms with Crippen LogP contribution in [0.15, 0.2) is 60.7 Å². The van der Waals surface area contributed by atoms with E-state index in [1.54, 1.807) is 48.5 Å². The zero-order valence-electron chi connectivity index (χ0n) is 14.8. The van der Waals surface area contributed by atoms with Gasteiger partial charge in [-0.3, -0.25) is 0 Å². The Labute approximate surface area is 160 Å². The second kappa shape index (κ2) is 8.94. The number of hydrogen-bond acceptors (Lipinski definition) is 8. The van der Waals surface area contributed by atoms with E-state index in [0.29, 0.717) is 5.56 Å². The second-order valence-corrected chi connectivity index (χ2v) is 6.25. The molecule has 28 heavy (non-hydrogen) atoms. The van der Waals surface area contributed by atoms with Crippen LogP contribution in [0.2, 0.25) is 0 Å². The molecule has 8 heteroatoms. The summed E-state index contributed by atoms with van der Waals surface area (Å²) in [6.45, 7) is -0.400. The smallest absolute Gasteiger partial charge is 0.338 e. The molecule has 0 saturated carbocycles. The van der Waals surface area contributed by atoms with Crippen molar-refractivity contribution < 1.29 is 39.1 Å². The topological polar surface area (TPSA) is 123 Å². The highest BCUT2D eigenvalue weighted by Crippen LogP contribution is 2.24. The summed E-state index contributed by atoms with van der Waals surface area (Å²) in [5.74, 6) is -1.42. The van der Waals surface area contributed by atoms with E-state index in [9.17, 15) is 24.9 Å². The third kappa shape index (κ3) is 4.55. The number of benzene rings is 2. The molecule has 1 saturated heterocycles. The molecular weight excluding hydrogens is 368 g/mol. The minimum Gasteiger partial charge on any atom is -0.459 e. The van der Waals surface area contributed by atoms with Crippen LogP contribution >= 0.6 is 0 Å². The van der Waals surface area contributed by atoms with Crippen molar-refractivity contribution in [1.29, 1.82) is 0 Å². The summed E-state index contributed by atoms with van der Waals surface area (Å²) >= 11 is 0. The summed E-state index contributed by atoms with van der Waals surface area (Å²) in [4.78, 5) is 24.1. The standard InChI is InChI=1S/C20H20O8/c21-15-14(11-26-18(23)12-7-3-1-4-8-12)27-20(25)17(16(15)22)28-19(24)13-9-5-2-6-10-13/h1-10,14-17,20-22,25H,11H2/t14-,15+,16+,17+,20+/m1/s1. The zero-order valence-corrected chi connectivity index (χ0v) is 14.8. The van der Waals surface area contributed by atoms with Gasteiger partial charge in [-0.05, 0) is 24.3 Å². The minimum atomic E-state index is -1.70.